The van der Waals surface area contributed by atoms with Crippen LogP contribution in [0.3, 0.4) is 0 Å². The minimum atomic E-state index is 0.284. The van der Waals surface area contributed by atoms with E-state index >= 15 is 0 Å². The molecule has 0 saturated heterocycles. The number of H-pyrrole nitrogens is 1. The summed E-state index contributed by atoms with van der Waals surface area (Å²) in [5, 5.41) is 7.37. The van der Waals surface area contributed by atoms with E-state index in [1.165, 1.54) is 31.2 Å². The van der Waals surface area contributed by atoms with Crippen LogP contribution in [0.4, 0.5) is 0 Å². The lowest BCUT2D eigenvalue weighted by Crippen LogP contribution is -2.42. The van der Waals surface area contributed by atoms with Crippen molar-refractivity contribution in [1.82, 2.24) is 15.1 Å². The van der Waals surface area contributed by atoms with Gasteiger partial charge in [-0.05, 0) is 26.7 Å². The fourth-order valence-corrected chi connectivity index (χ4v) is 3.41. The molecule has 2 heterocycles. The van der Waals surface area contributed by atoms with Crippen molar-refractivity contribution in [2.45, 2.75) is 51.6 Å². The van der Waals surface area contributed by atoms with Crippen LogP contribution >= 0.6 is 0 Å². The normalized spacial score (nSPS) is 24.9. The van der Waals surface area contributed by atoms with E-state index in [1.54, 1.807) is 0 Å². The molecule has 5 nitrogen and oxygen atoms in total. The maximum absolute atomic E-state index is 6.10. The van der Waals surface area contributed by atoms with Gasteiger partial charge in [0.25, 0.3) is 0 Å². The first kappa shape index (κ1) is 11.6. The summed E-state index contributed by atoms with van der Waals surface area (Å²) in [5.41, 5.74) is 9.60. The van der Waals surface area contributed by atoms with Crippen LogP contribution in [0.15, 0.2) is 4.99 Å². The van der Waals surface area contributed by atoms with Gasteiger partial charge in [0.1, 0.15) is 0 Å². The molecule has 1 aliphatic heterocycles. The molecule has 5 heteroatoms. The van der Waals surface area contributed by atoms with Gasteiger partial charge in [-0.3, -0.25) is 10.1 Å². The third-order valence-electron chi connectivity index (χ3n) is 4.26. The maximum atomic E-state index is 6.10. The van der Waals surface area contributed by atoms with Gasteiger partial charge in [-0.1, -0.05) is 12.8 Å². The van der Waals surface area contributed by atoms with Crippen molar-refractivity contribution in [3.8, 4) is 0 Å². The predicted octanol–water partition coefficient (Wildman–Crippen LogP) is 1.64. The summed E-state index contributed by atoms with van der Waals surface area (Å²) < 4.78 is 0. The molecule has 1 atom stereocenters. The number of hydrogen-bond acceptors (Lipinski definition) is 4. The van der Waals surface area contributed by atoms with E-state index < -0.39 is 0 Å². The third-order valence-corrected chi connectivity index (χ3v) is 4.26. The van der Waals surface area contributed by atoms with Crippen LogP contribution in [0.2, 0.25) is 0 Å². The van der Waals surface area contributed by atoms with Crippen molar-refractivity contribution < 1.29 is 0 Å². The van der Waals surface area contributed by atoms with Crippen molar-refractivity contribution in [2.24, 2.45) is 10.7 Å². The predicted molar refractivity (Wildman–Crippen MR) is 71.4 cm³/mol. The standard InChI is InChI=1S/C13H21N5/c1-8-12(9(2)17-16-8)11-7-15-13(14)18(11)10-5-3-4-6-10/h10-11H,3-7H2,1-2H3,(H2,14,15)(H,16,17). The van der Waals surface area contributed by atoms with Gasteiger partial charge in [0.2, 0.25) is 0 Å². The maximum Gasteiger partial charge on any atom is 0.192 e. The van der Waals surface area contributed by atoms with Crippen LogP contribution in [0, 0.1) is 13.8 Å². The van der Waals surface area contributed by atoms with Gasteiger partial charge in [-0.15, -0.1) is 0 Å². The molecule has 18 heavy (non-hydrogen) atoms. The summed E-state index contributed by atoms with van der Waals surface area (Å²) in [6.07, 6.45) is 5.10. The molecule has 1 aliphatic carbocycles. The minimum Gasteiger partial charge on any atom is -0.370 e. The van der Waals surface area contributed by atoms with E-state index in [0.717, 1.165) is 17.9 Å². The van der Waals surface area contributed by atoms with Crippen molar-refractivity contribution in [2.75, 3.05) is 6.54 Å². The Hall–Kier alpha value is -1.52. The fourth-order valence-electron chi connectivity index (χ4n) is 3.41. The summed E-state index contributed by atoms with van der Waals surface area (Å²) in [6.45, 7) is 4.90. The van der Waals surface area contributed by atoms with Crippen LogP contribution < -0.4 is 5.73 Å². The number of aliphatic imine (C=N–C) groups is 1. The molecule has 0 radical (unpaired) electrons. The minimum absolute atomic E-state index is 0.284. The van der Waals surface area contributed by atoms with E-state index in [2.05, 4.69) is 33.9 Å². The Morgan fingerprint density at radius 2 is 2.00 bits per heavy atom. The fraction of sp³-hybridized carbons (Fsp3) is 0.692. The molecule has 1 aromatic rings. The topological polar surface area (TPSA) is 70.3 Å². The van der Waals surface area contributed by atoms with Crippen molar-refractivity contribution in [1.29, 1.82) is 0 Å². The summed E-state index contributed by atoms with van der Waals surface area (Å²) in [5.74, 6) is 0.715. The highest BCUT2D eigenvalue weighted by molar-refractivity contribution is 5.81. The Morgan fingerprint density at radius 1 is 1.28 bits per heavy atom. The van der Waals surface area contributed by atoms with Crippen molar-refractivity contribution >= 4 is 5.96 Å². The van der Waals surface area contributed by atoms with Crippen LogP contribution in [-0.2, 0) is 0 Å². The summed E-state index contributed by atoms with van der Waals surface area (Å²) in [4.78, 5) is 6.79. The van der Waals surface area contributed by atoms with Crippen LogP contribution in [0.25, 0.3) is 0 Å². The van der Waals surface area contributed by atoms with Gasteiger partial charge < -0.3 is 10.6 Å². The SMILES string of the molecule is Cc1n[nH]c(C)c1C1CN=C(N)N1C1CCCC1. The molecule has 1 saturated carbocycles. The number of aromatic nitrogens is 2. The number of aryl methyl sites for hydroxylation is 2. The molecule has 0 spiro atoms. The molecule has 1 fully saturated rings. The smallest absolute Gasteiger partial charge is 0.192 e. The number of nitrogens with one attached hydrogen (secondary N) is 1. The molecule has 0 amide bonds. The first-order chi connectivity index (χ1) is 8.68. The zero-order valence-corrected chi connectivity index (χ0v) is 11.1. The highest BCUT2D eigenvalue weighted by atomic mass is 15.3. The lowest BCUT2D eigenvalue weighted by atomic mass is 10.0. The van der Waals surface area contributed by atoms with Gasteiger partial charge in [0.15, 0.2) is 5.96 Å². The van der Waals surface area contributed by atoms with E-state index in [1.807, 2.05) is 0 Å². The van der Waals surface area contributed by atoms with Crippen LogP contribution in [0.1, 0.15) is 48.7 Å². The Bertz CT molecular complexity index is 450. The van der Waals surface area contributed by atoms with E-state index in [0.29, 0.717) is 12.0 Å². The molecule has 98 valence electrons. The summed E-state index contributed by atoms with van der Waals surface area (Å²) in [6, 6.07) is 0.849. The zero-order chi connectivity index (χ0) is 12.7. The number of guanidine groups is 1. The molecular formula is C13H21N5. The number of nitrogens with zero attached hydrogens (tertiary/aromatic N) is 3. The Morgan fingerprint density at radius 3 is 2.61 bits per heavy atom. The number of nitrogens with two attached hydrogens (primary N) is 1. The average molecular weight is 247 g/mol. The quantitative estimate of drug-likeness (QED) is 0.834. The van der Waals surface area contributed by atoms with Crippen molar-refractivity contribution in [3.05, 3.63) is 17.0 Å². The Kier molecular flexibility index (Phi) is 2.76. The lowest BCUT2D eigenvalue weighted by Gasteiger charge is -2.32. The molecule has 3 rings (SSSR count). The van der Waals surface area contributed by atoms with Crippen LogP contribution in [0.5, 0.6) is 0 Å². The molecule has 1 aromatic heterocycles. The number of aromatic amines is 1. The molecule has 3 N–H and O–H groups in total. The van der Waals surface area contributed by atoms with E-state index in [9.17, 15) is 0 Å². The van der Waals surface area contributed by atoms with Crippen molar-refractivity contribution in [3.63, 3.8) is 0 Å². The third kappa shape index (κ3) is 1.69. The molecule has 0 bridgehead atoms. The molecule has 1 unspecified atom stereocenters. The number of rotatable bonds is 2. The lowest BCUT2D eigenvalue weighted by molar-refractivity contribution is 0.261. The largest absolute Gasteiger partial charge is 0.370 e. The van der Waals surface area contributed by atoms with Gasteiger partial charge in [-0.25, -0.2) is 0 Å². The Balaban J connectivity index is 1.92. The van der Waals surface area contributed by atoms with E-state index in [-0.39, 0.29) is 6.04 Å². The second-order valence-corrected chi connectivity index (χ2v) is 5.41. The zero-order valence-electron chi connectivity index (χ0n) is 11.1. The van der Waals surface area contributed by atoms with E-state index in [4.69, 9.17) is 5.73 Å². The van der Waals surface area contributed by atoms with Gasteiger partial charge in [-0.2, -0.15) is 5.10 Å². The first-order valence-corrected chi connectivity index (χ1v) is 6.78. The van der Waals surface area contributed by atoms with Crippen LogP contribution in [-0.4, -0.2) is 33.6 Å². The highest BCUT2D eigenvalue weighted by Crippen LogP contribution is 2.35. The molecule has 2 aliphatic rings. The monoisotopic (exact) mass is 247 g/mol. The first-order valence-electron chi connectivity index (χ1n) is 6.78. The molecule has 0 aromatic carbocycles. The second-order valence-electron chi connectivity index (χ2n) is 5.41. The van der Waals surface area contributed by atoms with Gasteiger partial charge >= 0.3 is 0 Å². The molecular weight excluding hydrogens is 226 g/mol. The second kappa shape index (κ2) is 4.30. The van der Waals surface area contributed by atoms with Gasteiger partial charge in [0.05, 0.1) is 18.3 Å². The average Bonchev–Trinajstić information content (AvgIpc) is 3.01. The summed E-state index contributed by atoms with van der Waals surface area (Å²) >= 11 is 0. The van der Waals surface area contributed by atoms with Gasteiger partial charge in [0, 0.05) is 17.3 Å². The Labute approximate surface area is 107 Å². The highest BCUT2D eigenvalue weighted by Gasteiger charge is 2.36. The number of hydrogen-bond donors (Lipinski definition) is 2. The summed E-state index contributed by atoms with van der Waals surface area (Å²) in [7, 11) is 0.